The van der Waals surface area contributed by atoms with Gasteiger partial charge in [0.2, 0.25) is 0 Å². The van der Waals surface area contributed by atoms with Gasteiger partial charge in [-0.15, -0.1) is 0 Å². The van der Waals surface area contributed by atoms with Crippen LogP contribution in [0.2, 0.25) is 0 Å². The van der Waals surface area contributed by atoms with Gasteiger partial charge in [-0.1, -0.05) is 18.2 Å². The van der Waals surface area contributed by atoms with Crippen LogP contribution in [0, 0.1) is 0 Å². The van der Waals surface area contributed by atoms with Gasteiger partial charge >= 0.3 is 0 Å². The van der Waals surface area contributed by atoms with Gasteiger partial charge in [0.1, 0.15) is 11.6 Å². The number of rotatable bonds is 2. The summed E-state index contributed by atoms with van der Waals surface area (Å²) >= 11 is 3.40. The Morgan fingerprint density at radius 1 is 1.10 bits per heavy atom. The molecule has 0 bridgehead atoms. The van der Waals surface area contributed by atoms with Gasteiger partial charge in [0.25, 0.3) is 0 Å². The van der Waals surface area contributed by atoms with E-state index in [1.165, 1.54) is 11.1 Å². The number of aromatic nitrogens is 1. The molecule has 2 heterocycles. The zero-order valence-electron chi connectivity index (χ0n) is 11.0. The first-order valence-electron chi connectivity index (χ1n) is 6.57. The summed E-state index contributed by atoms with van der Waals surface area (Å²) in [5.41, 5.74) is 2.52. The van der Waals surface area contributed by atoms with Gasteiger partial charge in [-0.2, -0.15) is 0 Å². The number of pyridine rings is 1. The second-order valence-corrected chi connectivity index (χ2v) is 5.72. The Labute approximate surface area is 126 Å². The summed E-state index contributed by atoms with van der Waals surface area (Å²) in [6.45, 7) is 1.83. The topological polar surface area (TPSA) is 36.4 Å². The highest BCUT2D eigenvalue weighted by Gasteiger charge is 2.14. The van der Waals surface area contributed by atoms with E-state index < -0.39 is 0 Å². The summed E-state index contributed by atoms with van der Waals surface area (Å²) in [6, 6.07) is 11.5. The minimum Gasteiger partial charge on any atom is -0.508 e. The predicted octanol–water partition coefficient (Wildman–Crippen LogP) is 3.84. The second-order valence-electron chi connectivity index (χ2n) is 4.81. The average molecular weight is 331 g/mol. The van der Waals surface area contributed by atoms with Crippen molar-refractivity contribution >= 4 is 27.3 Å². The number of phenolic OH excluding ortho intramolecular Hbond substituents is 1. The first-order valence-corrected chi connectivity index (χ1v) is 7.36. The molecule has 0 radical (unpaired) electrons. The molecule has 1 aromatic carbocycles. The van der Waals surface area contributed by atoms with Crippen molar-refractivity contribution in [1.82, 2.24) is 4.98 Å². The third kappa shape index (κ3) is 2.85. The zero-order chi connectivity index (χ0) is 13.9. The second kappa shape index (κ2) is 5.67. The van der Waals surface area contributed by atoms with Crippen molar-refractivity contribution in [3.8, 4) is 5.75 Å². The van der Waals surface area contributed by atoms with Crippen LogP contribution in [0.3, 0.4) is 0 Å². The number of benzene rings is 1. The number of phenols is 1. The average Bonchev–Trinajstić information content (AvgIpc) is 2.49. The Balaban J connectivity index is 1.74. The molecule has 4 heteroatoms. The van der Waals surface area contributed by atoms with Crippen molar-refractivity contribution in [2.75, 3.05) is 18.0 Å². The molecule has 1 N–H and O–H groups in total. The summed E-state index contributed by atoms with van der Waals surface area (Å²) in [4.78, 5) is 6.69. The standard InChI is InChI=1S/C16H15BrN2O/c17-14-3-6-16(18-11-14)19-9-7-13(8-10-19)12-1-4-15(20)5-2-12/h1-7,11,20H,8-10H2. The van der Waals surface area contributed by atoms with E-state index in [0.29, 0.717) is 5.75 Å². The minimum atomic E-state index is 0.311. The number of halogens is 1. The van der Waals surface area contributed by atoms with E-state index in [0.717, 1.165) is 29.8 Å². The summed E-state index contributed by atoms with van der Waals surface area (Å²) in [6.07, 6.45) is 5.05. The fraction of sp³-hybridized carbons (Fsp3) is 0.188. The van der Waals surface area contributed by atoms with Gasteiger partial charge in [-0.3, -0.25) is 0 Å². The highest BCUT2D eigenvalue weighted by molar-refractivity contribution is 9.10. The zero-order valence-corrected chi connectivity index (χ0v) is 12.5. The minimum absolute atomic E-state index is 0.311. The maximum absolute atomic E-state index is 9.33. The van der Waals surface area contributed by atoms with Gasteiger partial charge in [0.15, 0.2) is 0 Å². The lowest BCUT2D eigenvalue weighted by molar-refractivity contribution is 0.475. The molecular weight excluding hydrogens is 316 g/mol. The molecule has 2 aromatic rings. The molecule has 0 spiro atoms. The molecule has 1 aliphatic heterocycles. The van der Waals surface area contributed by atoms with Gasteiger partial charge in [-0.25, -0.2) is 4.98 Å². The maximum Gasteiger partial charge on any atom is 0.128 e. The summed E-state index contributed by atoms with van der Waals surface area (Å²) in [5, 5.41) is 9.33. The third-order valence-electron chi connectivity index (χ3n) is 3.48. The van der Waals surface area contributed by atoms with E-state index >= 15 is 0 Å². The van der Waals surface area contributed by atoms with E-state index in [9.17, 15) is 5.11 Å². The molecule has 1 aromatic heterocycles. The fourth-order valence-corrected chi connectivity index (χ4v) is 2.60. The molecule has 0 amide bonds. The van der Waals surface area contributed by atoms with Crippen molar-refractivity contribution in [1.29, 1.82) is 0 Å². The molecular formula is C16H15BrN2O. The van der Waals surface area contributed by atoms with E-state index in [-0.39, 0.29) is 0 Å². The Hall–Kier alpha value is -1.81. The molecule has 0 fully saturated rings. The highest BCUT2D eigenvalue weighted by atomic mass is 79.9. The smallest absolute Gasteiger partial charge is 0.128 e. The van der Waals surface area contributed by atoms with Crippen LogP contribution in [-0.2, 0) is 0 Å². The van der Waals surface area contributed by atoms with E-state index in [2.05, 4.69) is 31.9 Å². The SMILES string of the molecule is Oc1ccc(C2=CCN(c3ccc(Br)cn3)CC2)cc1. The van der Waals surface area contributed by atoms with E-state index in [1.807, 2.05) is 30.5 Å². The van der Waals surface area contributed by atoms with E-state index in [4.69, 9.17) is 0 Å². The van der Waals surface area contributed by atoms with Gasteiger partial charge in [-0.05, 0) is 57.8 Å². The Morgan fingerprint density at radius 3 is 2.50 bits per heavy atom. The number of anilines is 1. The first kappa shape index (κ1) is 13.2. The fourth-order valence-electron chi connectivity index (χ4n) is 2.37. The highest BCUT2D eigenvalue weighted by Crippen LogP contribution is 2.26. The van der Waals surface area contributed by atoms with Crippen LogP contribution in [0.15, 0.2) is 53.1 Å². The van der Waals surface area contributed by atoms with Crippen LogP contribution < -0.4 is 4.90 Å². The Kier molecular flexibility index (Phi) is 3.74. The van der Waals surface area contributed by atoms with Crippen molar-refractivity contribution in [3.05, 3.63) is 58.7 Å². The molecule has 0 aliphatic carbocycles. The molecule has 0 saturated heterocycles. The molecule has 20 heavy (non-hydrogen) atoms. The lowest BCUT2D eigenvalue weighted by Crippen LogP contribution is -2.28. The Bertz CT molecular complexity index is 620. The van der Waals surface area contributed by atoms with Crippen LogP contribution in [0.4, 0.5) is 5.82 Å². The van der Waals surface area contributed by atoms with Gasteiger partial charge in [0, 0.05) is 23.8 Å². The van der Waals surface area contributed by atoms with Crippen LogP contribution in [-0.4, -0.2) is 23.2 Å². The molecule has 3 rings (SSSR count). The number of hydrogen-bond donors (Lipinski definition) is 1. The number of nitrogens with zero attached hydrogens (tertiary/aromatic N) is 2. The van der Waals surface area contributed by atoms with E-state index in [1.54, 1.807) is 12.1 Å². The Morgan fingerprint density at radius 2 is 1.90 bits per heavy atom. The summed E-state index contributed by atoms with van der Waals surface area (Å²) < 4.78 is 0.999. The van der Waals surface area contributed by atoms with Crippen molar-refractivity contribution in [2.45, 2.75) is 6.42 Å². The van der Waals surface area contributed by atoms with Crippen LogP contribution in [0.5, 0.6) is 5.75 Å². The predicted molar refractivity (Wildman–Crippen MR) is 84.9 cm³/mol. The monoisotopic (exact) mass is 330 g/mol. The van der Waals surface area contributed by atoms with Crippen molar-refractivity contribution in [3.63, 3.8) is 0 Å². The molecule has 0 unspecified atom stereocenters. The lowest BCUT2D eigenvalue weighted by atomic mass is 9.99. The van der Waals surface area contributed by atoms with Gasteiger partial charge < -0.3 is 10.0 Å². The number of hydrogen-bond acceptors (Lipinski definition) is 3. The van der Waals surface area contributed by atoms with Crippen molar-refractivity contribution < 1.29 is 5.11 Å². The van der Waals surface area contributed by atoms with Gasteiger partial charge in [0.05, 0.1) is 0 Å². The molecule has 102 valence electrons. The maximum atomic E-state index is 9.33. The van der Waals surface area contributed by atoms with Crippen LogP contribution in [0.1, 0.15) is 12.0 Å². The molecule has 3 nitrogen and oxygen atoms in total. The van der Waals surface area contributed by atoms with Crippen LogP contribution >= 0.6 is 15.9 Å². The molecule has 0 saturated carbocycles. The molecule has 1 aliphatic rings. The third-order valence-corrected chi connectivity index (χ3v) is 3.95. The summed E-state index contributed by atoms with van der Waals surface area (Å²) in [7, 11) is 0. The van der Waals surface area contributed by atoms with Crippen LogP contribution in [0.25, 0.3) is 5.57 Å². The normalized spacial score (nSPS) is 15.1. The lowest BCUT2D eigenvalue weighted by Gasteiger charge is -2.27. The molecule has 0 atom stereocenters. The summed E-state index contributed by atoms with van der Waals surface area (Å²) in [5.74, 6) is 1.32. The number of aromatic hydroxyl groups is 1. The van der Waals surface area contributed by atoms with Crippen molar-refractivity contribution in [2.24, 2.45) is 0 Å². The first-order chi connectivity index (χ1) is 9.72. The largest absolute Gasteiger partial charge is 0.508 e. The quantitative estimate of drug-likeness (QED) is 0.908.